The van der Waals surface area contributed by atoms with E-state index in [1.54, 1.807) is 0 Å². The van der Waals surface area contributed by atoms with E-state index in [0.29, 0.717) is 6.42 Å². The Bertz CT molecular complexity index is 316. The number of carboxylic acid groups (broad SMARTS) is 1. The first-order chi connectivity index (χ1) is 7.64. The molecule has 2 aliphatic heterocycles. The van der Waals surface area contributed by atoms with Gasteiger partial charge in [-0.2, -0.15) is 0 Å². The SMILES string of the molecule is O=C(O)C1(C2CCCC2O)CC2CCC1O2. The van der Waals surface area contributed by atoms with Crippen LogP contribution in [0.25, 0.3) is 0 Å². The molecule has 1 saturated carbocycles. The monoisotopic (exact) mass is 226 g/mol. The highest BCUT2D eigenvalue weighted by atomic mass is 16.5. The van der Waals surface area contributed by atoms with Crippen LogP contribution >= 0.6 is 0 Å². The lowest BCUT2D eigenvalue weighted by Gasteiger charge is -2.38. The maximum Gasteiger partial charge on any atom is 0.312 e. The molecule has 4 heteroatoms. The van der Waals surface area contributed by atoms with Crippen LogP contribution in [0.3, 0.4) is 0 Å². The zero-order valence-corrected chi connectivity index (χ0v) is 9.26. The molecule has 2 N–H and O–H groups in total. The summed E-state index contributed by atoms with van der Waals surface area (Å²) in [6.07, 6.45) is 4.48. The van der Waals surface area contributed by atoms with E-state index in [9.17, 15) is 15.0 Å². The normalized spacial score (nSPS) is 51.1. The van der Waals surface area contributed by atoms with Crippen LogP contribution in [0, 0.1) is 11.3 Å². The number of hydrogen-bond acceptors (Lipinski definition) is 3. The van der Waals surface area contributed by atoms with Crippen LogP contribution in [0.15, 0.2) is 0 Å². The fourth-order valence-corrected chi connectivity index (χ4v) is 4.06. The zero-order valence-electron chi connectivity index (χ0n) is 9.26. The van der Waals surface area contributed by atoms with Crippen molar-refractivity contribution in [3.8, 4) is 0 Å². The fraction of sp³-hybridized carbons (Fsp3) is 0.917. The topological polar surface area (TPSA) is 66.8 Å². The minimum atomic E-state index is -0.793. The molecule has 0 aromatic carbocycles. The number of aliphatic hydroxyl groups is 1. The van der Waals surface area contributed by atoms with Gasteiger partial charge >= 0.3 is 5.97 Å². The molecule has 3 fully saturated rings. The van der Waals surface area contributed by atoms with Crippen LogP contribution in [0.2, 0.25) is 0 Å². The number of carboxylic acids is 1. The van der Waals surface area contributed by atoms with Crippen LogP contribution in [-0.2, 0) is 9.53 Å². The molecule has 5 unspecified atom stereocenters. The Morgan fingerprint density at radius 2 is 2.06 bits per heavy atom. The molecule has 16 heavy (non-hydrogen) atoms. The van der Waals surface area contributed by atoms with E-state index in [1.165, 1.54) is 0 Å². The van der Waals surface area contributed by atoms with Crippen LogP contribution in [0.4, 0.5) is 0 Å². The Labute approximate surface area is 94.6 Å². The zero-order chi connectivity index (χ0) is 11.3. The van der Waals surface area contributed by atoms with Gasteiger partial charge in [-0.3, -0.25) is 4.79 Å². The van der Waals surface area contributed by atoms with Crippen molar-refractivity contribution < 1.29 is 19.7 Å². The molecule has 4 nitrogen and oxygen atoms in total. The van der Waals surface area contributed by atoms with Crippen LogP contribution < -0.4 is 0 Å². The highest BCUT2D eigenvalue weighted by molar-refractivity contribution is 5.77. The second-order valence-electron chi connectivity index (χ2n) is 5.48. The van der Waals surface area contributed by atoms with E-state index in [1.807, 2.05) is 0 Å². The summed E-state index contributed by atoms with van der Waals surface area (Å²) < 4.78 is 5.72. The number of hydrogen-bond donors (Lipinski definition) is 2. The second-order valence-corrected chi connectivity index (χ2v) is 5.48. The molecular formula is C12H18O4. The molecule has 0 amide bonds. The average Bonchev–Trinajstić information content (AvgIpc) is 2.90. The predicted molar refractivity (Wildman–Crippen MR) is 55.9 cm³/mol. The second kappa shape index (κ2) is 3.44. The standard InChI is InChI=1S/C12H18O4/c13-9-3-1-2-8(9)12(11(14)15)6-7-4-5-10(12)16-7/h7-10,13H,1-6H2,(H,14,15). The van der Waals surface area contributed by atoms with Gasteiger partial charge in [-0.1, -0.05) is 6.42 Å². The first kappa shape index (κ1) is 10.5. The highest BCUT2D eigenvalue weighted by Crippen LogP contribution is 2.56. The third-order valence-corrected chi connectivity index (χ3v) is 4.79. The van der Waals surface area contributed by atoms with E-state index in [2.05, 4.69) is 0 Å². The van der Waals surface area contributed by atoms with Crippen LogP contribution in [0.1, 0.15) is 38.5 Å². The molecular weight excluding hydrogens is 208 g/mol. The molecule has 2 saturated heterocycles. The Kier molecular flexibility index (Phi) is 2.27. The lowest BCUT2D eigenvalue weighted by molar-refractivity contribution is -0.160. The predicted octanol–water partition coefficient (Wildman–Crippen LogP) is 1.17. The van der Waals surface area contributed by atoms with Crippen molar-refractivity contribution in [2.24, 2.45) is 11.3 Å². The van der Waals surface area contributed by atoms with E-state index in [4.69, 9.17) is 4.74 Å². The van der Waals surface area contributed by atoms with Gasteiger partial charge in [0, 0.05) is 5.92 Å². The van der Waals surface area contributed by atoms with Gasteiger partial charge in [0.2, 0.25) is 0 Å². The third kappa shape index (κ3) is 1.20. The molecule has 0 spiro atoms. The summed E-state index contributed by atoms with van der Waals surface area (Å²) in [5, 5.41) is 19.5. The molecule has 2 bridgehead atoms. The summed E-state index contributed by atoms with van der Waals surface area (Å²) in [7, 11) is 0. The lowest BCUT2D eigenvalue weighted by Crippen LogP contribution is -2.49. The van der Waals surface area contributed by atoms with E-state index < -0.39 is 17.5 Å². The minimum Gasteiger partial charge on any atom is -0.481 e. The molecule has 3 rings (SSSR count). The molecule has 1 aliphatic carbocycles. The van der Waals surface area contributed by atoms with E-state index >= 15 is 0 Å². The van der Waals surface area contributed by atoms with Crippen LogP contribution in [0.5, 0.6) is 0 Å². The van der Waals surface area contributed by atoms with Gasteiger partial charge in [-0.25, -0.2) is 0 Å². The summed E-state index contributed by atoms with van der Waals surface area (Å²) in [6.45, 7) is 0. The number of ether oxygens (including phenoxy) is 1. The summed E-state index contributed by atoms with van der Waals surface area (Å²) in [5.74, 6) is -0.856. The smallest absolute Gasteiger partial charge is 0.312 e. The first-order valence-corrected chi connectivity index (χ1v) is 6.21. The van der Waals surface area contributed by atoms with Crippen molar-refractivity contribution in [3.05, 3.63) is 0 Å². The van der Waals surface area contributed by atoms with Gasteiger partial charge in [0.25, 0.3) is 0 Å². The van der Waals surface area contributed by atoms with Gasteiger partial charge in [-0.05, 0) is 32.1 Å². The maximum atomic E-state index is 11.7. The van der Waals surface area contributed by atoms with Gasteiger partial charge in [0.05, 0.1) is 18.3 Å². The molecule has 0 aromatic rings. The van der Waals surface area contributed by atoms with Gasteiger partial charge in [0.1, 0.15) is 5.41 Å². The molecule has 90 valence electrons. The Hall–Kier alpha value is -0.610. The largest absolute Gasteiger partial charge is 0.481 e. The van der Waals surface area contributed by atoms with Gasteiger partial charge in [-0.15, -0.1) is 0 Å². The van der Waals surface area contributed by atoms with Crippen molar-refractivity contribution in [2.75, 3.05) is 0 Å². The number of aliphatic carboxylic acids is 1. The summed E-state index contributed by atoms with van der Waals surface area (Å²) in [5.41, 5.74) is -0.793. The van der Waals surface area contributed by atoms with Gasteiger partial charge < -0.3 is 14.9 Å². The van der Waals surface area contributed by atoms with Crippen LogP contribution in [-0.4, -0.2) is 34.5 Å². The molecule has 0 radical (unpaired) electrons. The maximum absolute atomic E-state index is 11.7. The quantitative estimate of drug-likeness (QED) is 0.741. The number of fused-ring (bicyclic) bond motifs is 2. The van der Waals surface area contributed by atoms with Gasteiger partial charge in [0.15, 0.2) is 0 Å². The van der Waals surface area contributed by atoms with Crippen molar-refractivity contribution in [3.63, 3.8) is 0 Å². The van der Waals surface area contributed by atoms with Crippen molar-refractivity contribution in [1.29, 1.82) is 0 Å². The molecule has 0 aromatic heterocycles. The molecule has 3 aliphatic rings. The summed E-state index contributed by atoms with van der Waals surface area (Å²) >= 11 is 0. The third-order valence-electron chi connectivity index (χ3n) is 4.79. The van der Waals surface area contributed by atoms with E-state index in [0.717, 1.165) is 32.1 Å². The average molecular weight is 226 g/mol. The summed E-state index contributed by atoms with van der Waals surface area (Å²) in [4.78, 5) is 11.7. The lowest BCUT2D eigenvalue weighted by atomic mass is 9.64. The fourth-order valence-electron chi connectivity index (χ4n) is 4.06. The van der Waals surface area contributed by atoms with Crippen molar-refractivity contribution in [1.82, 2.24) is 0 Å². The number of rotatable bonds is 2. The number of carbonyl (C=O) groups is 1. The molecule has 2 heterocycles. The Morgan fingerprint density at radius 3 is 2.50 bits per heavy atom. The van der Waals surface area contributed by atoms with Crippen molar-refractivity contribution >= 4 is 5.97 Å². The first-order valence-electron chi connectivity index (χ1n) is 6.21. The summed E-state index contributed by atoms with van der Waals surface area (Å²) in [6, 6.07) is 0. The molecule has 5 atom stereocenters. The highest BCUT2D eigenvalue weighted by Gasteiger charge is 2.63. The minimum absolute atomic E-state index is 0.0969. The Balaban J connectivity index is 1.94. The number of aliphatic hydroxyl groups excluding tert-OH is 1. The Morgan fingerprint density at radius 1 is 1.25 bits per heavy atom. The van der Waals surface area contributed by atoms with Crippen molar-refractivity contribution in [2.45, 2.75) is 56.8 Å². The van der Waals surface area contributed by atoms with E-state index in [-0.39, 0.29) is 18.1 Å².